The Kier molecular flexibility index (Phi) is 3.75. The number of hydrogen-bond acceptors (Lipinski definition) is 3. The summed E-state index contributed by atoms with van der Waals surface area (Å²) >= 11 is 0. The molecule has 0 atom stereocenters. The number of fused-ring (bicyclic) bond motifs is 3. The van der Waals surface area contributed by atoms with Crippen LogP contribution in [-0.2, 0) is 13.0 Å². The molecule has 0 unspecified atom stereocenters. The number of halogens is 1. The zero-order chi connectivity index (χ0) is 19.3. The minimum Gasteiger partial charge on any atom is -0.357 e. The van der Waals surface area contributed by atoms with Crippen LogP contribution >= 0.6 is 0 Å². The maximum absolute atomic E-state index is 13.1. The largest absolute Gasteiger partial charge is 0.357 e. The first-order chi connectivity index (χ1) is 13.6. The Hall–Kier alpha value is -3.48. The molecule has 140 valence electrons. The van der Waals surface area contributed by atoms with E-state index in [0.717, 1.165) is 40.1 Å². The van der Waals surface area contributed by atoms with E-state index in [1.165, 1.54) is 12.1 Å². The van der Waals surface area contributed by atoms with Crippen molar-refractivity contribution in [3.05, 3.63) is 77.3 Å². The van der Waals surface area contributed by atoms with Gasteiger partial charge in [-0.05, 0) is 36.2 Å². The van der Waals surface area contributed by atoms with Gasteiger partial charge in [0.15, 0.2) is 5.65 Å². The van der Waals surface area contributed by atoms with Crippen molar-refractivity contribution >= 4 is 11.6 Å². The molecule has 0 radical (unpaired) electrons. The van der Waals surface area contributed by atoms with Crippen LogP contribution in [0.4, 0.5) is 4.39 Å². The Morgan fingerprint density at radius 3 is 2.82 bits per heavy atom. The Balaban J connectivity index is 1.39. The number of benzene rings is 1. The molecule has 0 spiro atoms. The smallest absolute Gasteiger partial charge is 0.270 e. The fourth-order valence-electron chi connectivity index (χ4n) is 3.73. The minimum atomic E-state index is -0.280. The van der Waals surface area contributed by atoms with Gasteiger partial charge in [-0.2, -0.15) is 5.10 Å². The lowest BCUT2D eigenvalue weighted by molar-refractivity contribution is 0.0727. The number of amides is 1. The van der Waals surface area contributed by atoms with E-state index in [0.29, 0.717) is 18.8 Å². The summed E-state index contributed by atoms with van der Waals surface area (Å²) in [6, 6.07) is 9.99. The second kappa shape index (κ2) is 6.30. The minimum absolute atomic E-state index is 0.0595. The van der Waals surface area contributed by atoms with Crippen LogP contribution in [0.25, 0.3) is 16.8 Å². The van der Waals surface area contributed by atoms with E-state index >= 15 is 0 Å². The van der Waals surface area contributed by atoms with E-state index in [4.69, 9.17) is 0 Å². The zero-order valence-electron chi connectivity index (χ0n) is 15.3. The van der Waals surface area contributed by atoms with Crippen molar-refractivity contribution in [2.45, 2.75) is 19.9 Å². The van der Waals surface area contributed by atoms with Gasteiger partial charge in [-0.15, -0.1) is 0 Å². The molecule has 4 heterocycles. The number of H-pyrrole nitrogens is 1. The third-order valence-electron chi connectivity index (χ3n) is 5.15. The van der Waals surface area contributed by atoms with E-state index in [9.17, 15) is 9.18 Å². The number of aromatic nitrogens is 4. The van der Waals surface area contributed by atoms with Crippen LogP contribution in [0.15, 0.2) is 48.8 Å². The number of carbonyl (C=O) groups is 1. The SMILES string of the molecule is Cc1cc2ncc3c(n2n1)CCN(C(=O)c1cc(-c2ccc(F)cc2)c[nH]1)C3. The van der Waals surface area contributed by atoms with E-state index < -0.39 is 0 Å². The van der Waals surface area contributed by atoms with E-state index in [2.05, 4.69) is 15.1 Å². The molecule has 0 aliphatic carbocycles. The van der Waals surface area contributed by atoms with E-state index in [1.54, 1.807) is 18.3 Å². The molecule has 4 aromatic rings. The van der Waals surface area contributed by atoms with Gasteiger partial charge in [-0.25, -0.2) is 13.9 Å². The van der Waals surface area contributed by atoms with Crippen LogP contribution in [0.2, 0.25) is 0 Å². The van der Waals surface area contributed by atoms with Crippen LogP contribution in [0.5, 0.6) is 0 Å². The molecule has 0 saturated heterocycles. The summed E-state index contributed by atoms with van der Waals surface area (Å²) < 4.78 is 15.0. The van der Waals surface area contributed by atoms with Crippen molar-refractivity contribution in [3.63, 3.8) is 0 Å². The first-order valence-electron chi connectivity index (χ1n) is 9.15. The van der Waals surface area contributed by atoms with Crippen LogP contribution in [0.1, 0.15) is 27.4 Å². The number of rotatable bonds is 2. The Labute approximate surface area is 160 Å². The molecule has 0 fully saturated rings. The lowest BCUT2D eigenvalue weighted by atomic mass is 10.1. The van der Waals surface area contributed by atoms with Gasteiger partial charge < -0.3 is 9.88 Å². The lowest BCUT2D eigenvalue weighted by Gasteiger charge is -2.28. The fourth-order valence-corrected chi connectivity index (χ4v) is 3.73. The first kappa shape index (κ1) is 16.7. The maximum Gasteiger partial charge on any atom is 0.270 e. The van der Waals surface area contributed by atoms with Crippen LogP contribution in [-0.4, -0.2) is 36.9 Å². The van der Waals surface area contributed by atoms with Gasteiger partial charge in [-0.1, -0.05) is 12.1 Å². The molecule has 1 aliphatic rings. The van der Waals surface area contributed by atoms with Gasteiger partial charge in [0.1, 0.15) is 11.5 Å². The second-order valence-electron chi connectivity index (χ2n) is 7.07. The molecule has 3 aromatic heterocycles. The highest BCUT2D eigenvalue weighted by Crippen LogP contribution is 2.24. The van der Waals surface area contributed by atoms with Crippen molar-refractivity contribution in [1.29, 1.82) is 0 Å². The molecule has 28 heavy (non-hydrogen) atoms. The summed E-state index contributed by atoms with van der Waals surface area (Å²) in [4.78, 5) is 22.3. The van der Waals surface area contributed by atoms with Crippen LogP contribution in [0.3, 0.4) is 0 Å². The van der Waals surface area contributed by atoms with Gasteiger partial charge in [0.25, 0.3) is 5.91 Å². The maximum atomic E-state index is 13.1. The normalized spacial score (nSPS) is 13.7. The number of carbonyl (C=O) groups excluding carboxylic acids is 1. The number of aryl methyl sites for hydroxylation is 1. The summed E-state index contributed by atoms with van der Waals surface area (Å²) in [7, 11) is 0. The third-order valence-corrected chi connectivity index (χ3v) is 5.15. The molecule has 5 rings (SSSR count). The predicted molar refractivity (Wildman–Crippen MR) is 102 cm³/mol. The Bertz CT molecular complexity index is 1190. The van der Waals surface area contributed by atoms with Gasteiger partial charge in [-0.3, -0.25) is 4.79 Å². The van der Waals surface area contributed by atoms with Crippen molar-refractivity contribution in [1.82, 2.24) is 24.5 Å². The topological polar surface area (TPSA) is 66.3 Å². The summed E-state index contributed by atoms with van der Waals surface area (Å²) in [5.41, 5.74) is 6.13. The lowest BCUT2D eigenvalue weighted by Crippen LogP contribution is -2.37. The van der Waals surface area contributed by atoms with Crippen LogP contribution in [0, 0.1) is 12.7 Å². The highest BCUT2D eigenvalue weighted by molar-refractivity contribution is 5.94. The molecule has 0 saturated carbocycles. The van der Waals surface area contributed by atoms with Crippen molar-refractivity contribution < 1.29 is 9.18 Å². The van der Waals surface area contributed by atoms with Crippen LogP contribution < -0.4 is 0 Å². The predicted octanol–water partition coefficient (Wildman–Crippen LogP) is 3.37. The van der Waals surface area contributed by atoms with Gasteiger partial charge in [0, 0.05) is 43.5 Å². The Morgan fingerprint density at radius 2 is 2.00 bits per heavy atom. The summed E-state index contributed by atoms with van der Waals surface area (Å²) in [6.45, 7) is 3.07. The third kappa shape index (κ3) is 2.76. The second-order valence-corrected chi connectivity index (χ2v) is 7.07. The van der Waals surface area contributed by atoms with Gasteiger partial charge >= 0.3 is 0 Å². The fraction of sp³-hybridized carbons (Fsp3) is 0.190. The summed E-state index contributed by atoms with van der Waals surface area (Å²) in [6.07, 6.45) is 4.34. The molecule has 6 nitrogen and oxygen atoms in total. The number of aromatic amines is 1. The molecular formula is C21H18FN5O. The monoisotopic (exact) mass is 375 g/mol. The molecule has 1 aliphatic heterocycles. The van der Waals surface area contributed by atoms with E-state index in [1.807, 2.05) is 34.7 Å². The molecule has 0 bridgehead atoms. The molecular weight excluding hydrogens is 357 g/mol. The molecule has 1 aromatic carbocycles. The first-order valence-corrected chi connectivity index (χ1v) is 9.15. The number of nitrogens with one attached hydrogen (secondary N) is 1. The summed E-state index contributed by atoms with van der Waals surface area (Å²) in [5, 5.41) is 4.52. The Morgan fingerprint density at radius 1 is 1.18 bits per heavy atom. The molecule has 1 N–H and O–H groups in total. The van der Waals surface area contributed by atoms with Crippen molar-refractivity contribution in [2.75, 3.05) is 6.54 Å². The van der Waals surface area contributed by atoms with Gasteiger partial charge in [0.2, 0.25) is 0 Å². The number of nitrogens with zero attached hydrogens (tertiary/aromatic N) is 4. The molecule has 7 heteroatoms. The number of hydrogen-bond donors (Lipinski definition) is 1. The summed E-state index contributed by atoms with van der Waals surface area (Å²) in [5.74, 6) is -0.339. The molecule has 1 amide bonds. The standard InChI is InChI=1S/C21H18FN5O/c1-13-8-20-24-11-16-12-26(7-6-19(16)27(20)25-13)21(28)18-9-15(10-23-18)14-2-4-17(22)5-3-14/h2-5,8-11,23H,6-7,12H2,1H3. The highest BCUT2D eigenvalue weighted by Gasteiger charge is 2.25. The quantitative estimate of drug-likeness (QED) is 0.584. The van der Waals surface area contributed by atoms with Crippen molar-refractivity contribution in [3.8, 4) is 11.1 Å². The zero-order valence-corrected chi connectivity index (χ0v) is 15.3. The highest BCUT2D eigenvalue weighted by atomic mass is 19.1. The van der Waals surface area contributed by atoms with Crippen molar-refractivity contribution in [2.24, 2.45) is 0 Å². The van der Waals surface area contributed by atoms with E-state index in [-0.39, 0.29) is 11.7 Å². The van der Waals surface area contributed by atoms with Gasteiger partial charge in [0.05, 0.1) is 11.4 Å². The average Bonchev–Trinajstić information content (AvgIpc) is 3.34. The average molecular weight is 375 g/mol.